The lowest BCUT2D eigenvalue weighted by atomic mass is 9.87. The molecule has 0 radical (unpaired) electrons. The molecular weight excluding hydrogens is 813 g/mol. The van der Waals surface area contributed by atoms with E-state index < -0.39 is 23.8 Å². The molecule has 5 aliphatic rings. The van der Waals surface area contributed by atoms with Crippen molar-refractivity contribution in [2.24, 2.45) is 5.92 Å². The number of piperidine rings is 4. The number of para-hydroxylation sites is 1. The van der Waals surface area contributed by atoms with E-state index in [0.29, 0.717) is 58.4 Å². The molecule has 2 atom stereocenters. The van der Waals surface area contributed by atoms with Crippen LogP contribution in [-0.2, 0) is 9.59 Å². The number of nitrogens with zero attached hydrogens (tertiary/aromatic N) is 8. The van der Waals surface area contributed by atoms with E-state index in [1.807, 2.05) is 81.2 Å². The molecule has 2 aromatic heterocycles. The van der Waals surface area contributed by atoms with E-state index in [1.54, 1.807) is 6.07 Å². The van der Waals surface area contributed by atoms with Crippen LogP contribution in [-0.4, -0.2) is 121 Å². The number of rotatable bonds is 9. The first-order chi connectivity index (χ1) is 31.2. The maximum atomic E-state index is 14.0. The minimum atomic E-state index is -0.966. The summed E-state index contributed by atoms with van der Waals surface area (Å²) >= 11 is 0. The Hall–Kier alpha value is -6.68. The van der Waals surface area contributed by atoms with E-state index in [1.165, 1.54) is 6.33 Å². The molecule has 7 heterocycles. The van der Waals surface area contributed by atoms with Gasteiger partial charge in [-0.2, -0.15) is 5.10 Å². The van der Waals surface area contributed by atoms with Crippen LogP contribution in [0.2, 0.25) is 0 Å². The number of hydrogen-bond donors (Lipinski definition) is 2. The highest BCUT2D eigenvalue weighted by Crippen LogP contribution is 2.37. The molecule has 4 saturated heterocycles. The number of nitrogens with two attached hydrogens (primary N) is 1. The van der Waals surface area contributed by atoms with Gasteiger partial charge in [-0.1, -0.05) is 24.3 Å². The zero-order valence-corrected chi connectivity index (χ0v) is 35.7. The van der Waals surface area contributed by atoms with Gasteiger partial charge in [-0.15, -0.1) is 0 Å². The van der Waals surface area contributed by atoms with Crippen LogP contribution in [0, 0.1) is 5.92 Å². The van der Waals surface area contributed by atoms with E-state index >= 15 is 0 Å². The maximum absolute atomic E-state index is 14.0. The first-order valence-electron chi connectivity index (χ1n) is 22.6. The van der Waals surface area contributed by atoms with Gasteiger partial charge in [0.25, 0.3) is 11.8 Å². The van der Waals surface area contributed by atoms with Gasteiger partial charge < -0.3 is 25.2 Å². The number of nitrogen functional groups attached to an aromatic ring is 1. The van der Waals surface area contributed by atoms with Crippen LogP contribution >= 0.6 is 0 Å². The van der Waals surface area contributed by atoms with Crippen LogP contribution in [0.25, 0.3) is 22.3 Å². The molecular formula is C48H52N10O6. The Morgan fingerprint density at radius 2 is 1.53 bits per heavy atom. The average Bonchev–Trinajstić information content (AvgIpc) is 3.84. The highest BCUT2D eigenvalue weighted by Gasteiger charge is 2.45. The van der Waals surface area contributed by atoms with Crippen LogP contribution in [0.3, 0.4) is 0 Å². The third-order valence-electron chi connectivity index (χ3n) is 13.9. The standard InChI is InChI=1S/C48H52N10O6/c49-43-41-42(32-8-11-36(12-9-32)64-35-6-2-1-3-7-35)53-58(44(41)51-29-50-43)34-5-4-21-56(28-34)48(63)55-25-17-30(18-26-55)16-22-54-23-19-31(20-24-54)33-10-13-37-38(27-33)47(62)57(46(37)61)39-14-15-40(59)52-45(39)60/h1-3,6-13,27,29-31,34,39H,4-5,14-26,28H2,(H2,49,50,51)(H,52,59,60). The number of hydrogen-bond acceptors (Lipinski definition) is 11. The Kier molecular flexibility index (Phi) is 11.3. The molecule has 0 spiro atoms. The van der Waals surface area contributed by atoms with Gasteiger partial charge in [-0.05, 0) is 137 Å². The molecule has 16 nitrogen and oxygen atoms in total. The van der Waals surface area contributed by atoms with Gasteiger partial charge in [0, 0.05) is 38.2 Å². The van der Waals surface area contributed by atoms with Crippen LogP contribution in [0.1, 0.15) is 96.0 Å². The lowest BCUT2D eigenvalue weighted by Gasteiger charge is -2.39. The second-order valence-electron chi connectivity index (χ2n) is 17.8. The number of likely N-dealkylation sites (tertiary alicyclic amines) is 3. The summed E-state index contributed by atoms with van der Waals surface area (Å²) in [5.41, 5.74) is 10.4. The maximum Gasteiger partial charge on any atom is 0.320 e. The van der Waals surface area contributed by atoms with Crippen molar-refractivity contribution in [3.05, 3.63) is 95.8 Å². The molecule has 0 bridgehead atoms. The number of aromatic nitrogens is 4. The molecule has 5 aliphatic heterocycles. The van der Waals surface area contributed by atoms with Crippen molar-refractivity contribution in [3.63, 3.8) is 0 Å². The van der Waals surface area contributed by atoms with Crippen LogP contribution in [0.4, 0.5) is 10.6 Å². The van der Waals surface area contributed by atoms with Crippen molar-refractivity contribution in [1.82, 2.24) is 44.7 Å². The lowest BCUT2D eigenvalue weighted by molar-refractivity contribution is -0.136. The number of ether oxygens (including phenoxy) is 1. The Labute approximate surface area is 370 Å². The molecule has 330 valence electrons. The molecule has 4 fully saturated rings. The van der Waals surface area contributed by atoms with Gasteiger partial charge >= 0.3 is 6.03 Å². The summed E-state index contributed by atoms with van der Waals surface area (Å²) in [4.78, 5) is 81.2. The van der Waals surface area contributed by atoms with Gasteiger partial charge in [0.15, 0.2) is 5.65 Å². The van der Waals surface area contributed by atoms with E-state index in [9.17, 15) is 24.0 Å². The highest BCUT2D eigenvalue weighted by atomic mass is 16.5. The highest BCUT2D eigenvalue weighted by molar-refractivity contribution is 6.23. The van der Waals surface area contributed by atoms with Crippen molar-refractivity contribution in [2.45, 2.75) is 75.8 Å². The van der Waals surface area contributed by atoms with Gasteiger partial charge in [-0.25, -0.2) is 19.4 Å². The first-order valence-corrected chi connectivity index (χ1v) is 22.6. The minimum Gasteiger partial charge on any atom is -0.457 e. The zero-order valence-electron chi connectivity index (χ0n) is 35.7. The molecule has 3 N–H and O–H groups in total. The molecule has 6 amide bonds. The number of carbonyl (C=O) groups excluding carboxylic acids is 5. The zero-order chi connectivity index (χ0) is 43.9. The minimum absolute atomic E-state index is 0.0599. The number of imide groups is 2. The third kappa shape index (κ3) is 8.06. The lowest BCUT2D eigenvalue weighted by Crippen LogP contribution is -2.54. The Morgan fingerprint density at radius 1 is 0.781 bits per heavy atom. The van der Waals surface area contributed by atoms with Gasteiger partial charge in [0.05, 0.1) is 22.6 Å². The van der Waals surface area contributed by atoms with Crippen molar-refractivity contribution in [1.29, 1.82) is 0 Å². The predicted octanol–water partition coefficient (Wildman–Crippen LogP) is 6.01. The number of urea groups is 1. The van der Waals surface area contributed by atoms with Gasteiger partial charge in [0.2, 0.25) is 11.8 Å². The van der Waals surface area contributed by atoms with Crippen molar-refractivity contribution >= 4 is 46.5 Å². The largest absolute Gasteiger partial charge is 0.457 e. The third-order valence-corrected chi connectivity index (χ3v) is 13.9. The van der Waals surface area contributed by atoms with Crippen molar-refractivity contribution in [2.75, 3.05) is 51.5 Å². The molecule has 2 unspecified atom stereocenters. The SMILES string of the molecule is Nc1ncnc2c1c(-c1ccc(Oc3ccccc3)cc1)nn2C1CCCN(C(=O)N2CCC(CCN3CCC(c4ccc5c(c4)C(=O)N(C4CCC(=O)NC4=O)C5=O)CC3)CC2)C1. The van der Waals surface area contributed by atoms with Crippen LogP contribution in [0.5, 0.6) is 11.5 Å². The molecule has 10 rings (SSSR count). The molecule has 0 aliphatic carbocycles. The first kappa shape index (κ1) is 41.3. The fraction of sp³-hybridized carbons (Fsp3) is 0.417. The Bertz CT molecular complexity index is 2600. The number of amides is 6. The fourth-order valence-corrected chi connectivity index (χ4v) is 10.3. The average molecular weight is 865 g/mol. The summed E-state index contributed by atoms with van der Waals surface area (Å²) in [5, 5.41) is 8.04. The Morgan fingerprint density at radius 3 is 2.30 bits per heavy atom. The second kappa shape index (κ2) is 17.5. The summed E-state index contributed by atoms with van der Waals surface area (Å²) < 4.78 is 7.95. The van der Waals surface area contributed by atoms with Gasteiger partial charge in [0.1, 0.15) is 35.4 Å². The molecule has 3 aromatic carbocycles. The smallest absolute Gasteiger partial charge is 0.320 e. The van der Waals surface area contributed by atoms with Crippen LogP contribution in [0.15, 0.2) is 79.1 Å². The molecule has 16 heteroatoms. The quantitative estimate of drug-likeness (QED) is 0.165. The second-order valence-corrected chi connectivity index (χ2v) is 17.8. The summed E-state index contributed by atoms with van der Waals surface area (Å²) in [6.45, 7) is 5.65. The normalized spacial score (nSPS) is 21.4. The topological polar surface area (TPSA) is 189 Å². The molecule has 64 heavy (non-hydrogen) atoms. The van der Waals surface area contributed by atoms with Gasteiger partial charge in [-0.3, -0.25) is 29.4 Å². The summed E-state index contributed by atoms with van der Waals surface area (Å²) in [7, 11) is 0. The summed E-state index contributed by atoms with van der Waals surface area (Å²) in [5.74, 6) is 0.738. The van der Waals surface area contributed by atoms with Crippen molar-refractivity contribution in [3.8, 4) is 22.8 Å². The van der Waals surface area contributed by atoms with Crippen molar-refractivity contribution < 1.29 is 28.7 Å². The number of anilines is 1. The predicted molar refractivity (Wildman–Crippen MR) is 237 cm³/mol. The van der Waals surface area contributed by atoms with E-state index in [-0.39, 0.29) is 36.7 Å². The number of nitrogens with one attached hydrogen (secondary N) is 1. The summed E-state index contributed by atoms with van der Waals surface area (Å²) in [6, 6.07) is 22.0. The van der Waals surface area contributed by atoms with E-state index in [0.717, 1.165) is 99.4 Å². The molecule has 0 saturated carbocycles. The number of benzene rings is 3. The Balaban J connectivity index is 0.705. The summed E-state index contributed by atoms with van der Waals surface area (Å²) in [6.07, 6.45) is 8.40. The van der Waals surface area contributed by atoms with E-state index in [4.69, 9.17) is 15.6 Å². The van der Waals surface area contributed by atoms with E-state index in [2.05, 4.69) is 20.2 Å². The van der Waals surface area contributed by atoms with Crippen LogP contribution < -0.4 is 15.8 Å². The number of carbonyl (C=O) groups is 5. The monoisotopic (exact) mass is 864 g/mol. The molecule has 5 aromatic rings. The fourth-order valence-electron chi connectivity index (χ4n) is 10.3. The number of fused-ring (bicyclic) bond motifs is 2.